The van der Waals surface area contributed by atoms with Crippen LogP contribution in [0.25, 0.3) is 10.9 Å². The van der Waals surface area contributed by atoms with Gasteiger partial charge in [-0.2, -0.15) is 0 Å². The van der Waals surface area contributed by atoms with Crippen molar-refractivity contribution in [2.24, 2.45) is 5.41 Å². The van der Waals surface area contributed by atoms with Crippen molar-refractivity contribution < 1.29 is 36.9 Å². The van der Waals surface area contributed by atoms with Crippen molar-refractivity contribution in [3.63, 3.8) is 0 Å². The van der Waals surface area contributed by atoms with Crippen LogP contribution in [0.5, 0.6) is 11.5 Å². The van der Waals surface area contributed by atoms with E-state index in [9.17, 15) is 27.5 Å². The molecule has 1 fully saturated rings. The quantitative estimate of drug-likeness (QED) is 0.252. The molecule has 0 amide bonds. The largest absolute Gasteiger partial charge is 0.497 e. The molecule has 1 saturated heterocycles. The summed E-state index contributed by atoms with van der Waals surface area (Å²) in [4.78, 5) is 18.7. The molecule has 0 spiro atoms. The van der Waals surface area contributed by atoms with Gasteiger partial charge in [-0.25, -0.2) is 17.6 Å². The van der Waals surface area contributed by atoms with Crippen molar-refractivity contribution in [3.8, 4) is 11.5 Å². The van der Waals surface area contributed by atoms with E-state index < -0.39 is 35.5 Å². The number of carbonyl (C=O) groups is 1. The standard InChI is InChI=1S/C28H30F4N2O4/c1-37-19-4-5-25-22(13-19)21(18(16-29)17-33-25)3-2-6-28(27(35)36)7-9-34(10-8-28)11-12-38-20-14-23(30)26(32)24(31)15-20/h4-5,13-15,17H,2-3,6-12,16H2,1H3,(H,35,36). The Labute approximate surface area is 218 Å². The number of pyridine rings is 1. The predicted molar refractivity (Wildman–Crippen MR) is 134 cm³/mol. The SMILES string of the molecule is COc1ccc2ncc(CF)c(CCCC3(C(=O)O)CCN(CCOc4cc(F)c(F)c(F)c4)CC3)c2c1. The van der Waals surface area contributed by atoms with Crippen LogP contribution in [0.4, 0.5) is 17.6 Å². The number of hydrogen-bond acceptors (Lipinski definition) is 5. The molecule has 0 saturated carbocycles. The third-order valence-electron chi connectivity index (χ3n) is 7.40. The Morgan fingerprint density at radius 2 is 1.82 bits per heavy atom. The first-order valence-corrected chi connectivity index (χ1v) is 12.5. The number of rotatable bonds is 11. The molecule has 0 radical (unpaired) electrons. The fraction of sp³-hybridized carbons (Fsp3) is 0.429. The average molecular weight is 535 g/mol. The first-order chi connectivity index (χ1) is 18.3. The van der Waals surface area contributed by atoms with Crippen LogP contribution >= 0.6 is 0 Å². The number of alkyl halides is 1. The van der Waals surface area contributed by atoms with Crippen LogP contribution in [0, 0.1) is 22.9 Å². The fourth-order valence-corrected chi connectivity index (χ4v) is 5.09. The van der Waals surface area contributed by atoms with Gasteiger partial charge in [-0.3, -0.25) is 14.7 Å². The van der Waals surface area contributed by atoms with Crippen LogP contribution in [0.1, 0.15) is 36.8 Å². The molecular weight excluding hydrogens is 504 g/mol. The van der Waals surface area contributed by atoms with Gasteiger partial charge in [0, 0.05) is 35.8 Å². The predicted octanol–water partition coefficient (Wildman–Crippen LogP) is 5.70. The Kier molecular flexibility index (Phi) is 8.71. The molecular formula is C28H30F4N2O4. The monoisotopic (exact) mass is 534 g/mol. The summed E-state index contributed by atoms with van der Waals surface area (Å²) < 4.78 is 64.2. The number of carboxylic acid groups (broad SMARTS) is 1. The molecule has 3 aromatic rings. The number of hydrogen-bond donors (Lipinski definition) is 1. The smallest absolute Gasteiger partial charge is 0.309 e. The molecule has 2 heterocycles. The molecule has 204 valence electrons. The maximum absolute atomic E-state index is 13.8. The maximum atomic E-state index is 13.8. The van der Waals surface area contributed by atoms with E-state index in [0.29, 0.717) is 63.1 Å². The zero-order valence-corrected chi connectivity index (χ0v) is 21.1. The van der Waals surface area contributed by atoms with E-state index in [4.69, 9.17) is 9.47 Å². The summed E-state index contributed by atoms with van der Waals surface area (Å²) in [6.45, 7) is 0.934. The van der Waals surface area contributed by atoms with Gasteiger partial charge in [0.05, 0.1) is 18.0 Å². The van der Waals surface area contributed by atoms with E-state index in [-0.39, 0.29) is 12.4 Å². The minimum atomic E-state index is -1.55. The Morgan fingerprint density at radius 3 is 2.45 bits per heavy atom. The second-order valence-electron chi connectivity index (χ2n) is 9.61. The van der Waals surface area contributed by atoms with Gasteiger partial charge in [-0.1, -0.05) is 0 Å². The summed E-state index contributed by atoms with van der Waals surface area (Å²) in [6, 6.07) is 7.03. The van der Waals surface area contributed by atoms with Crippen LogP contribution in [0.3, 0.4) is 0 Å². The van der Waals surface area contributed by atoms with Crippen LogP contribution in [-0.4, -0.2) is 54.3 Å². The van der Waals surface area contributed by atoms with Gasteiger partial charge in [0.25, 0.3) is 0 Å². The van der Waals surface area contributed by atoms with E-state index in [2.05, 4.69) is 4.98 Å². The van der Waals surface area contributed by atoms with Crippen molar-refractivity contribution in [1.82, 2.24) is 9.88 Å². The molecule has 6 nitrogen and oxygen atoms in total. The summed E-state index contributed by atoms with van der Waals surface area (Å²) in [5.74, 6) is -4.49. The van der Waals surface area contributed by atoms with E-state index >= 15 is 0 Å². The number of likely N-dealkylation sites (tertiary alicyclic amines) is 1. The minimum Gasteiger partial charge on any atom is -0.497 e. The second-order valence-corrected chi connectivity index (χ2v) is 9.61. The van der Waals surface area contributed by atoms with Crippen molar-refractivity contribution in [1.29, 1.82) is 0 Å². The molecule has 10 heteroatoms. The summed E-state index contributed by atoms with van der Waals surface area (Å²) in [7, 11) is 1.56. The molecule has 1 aromatic heterocycles. The number of benzene rings is 2. The molecule has 0 atom stereocenters. The number of halogens is 4. The second kappa shape index (κ2) is 12.0. The molecule has 0 bridgehead atoms. The molecule has 0 unspecified atom stereocenters. The Hall–Kier alpha value is -3.40. The van der Waals surface area contributed by atoms with Crippen molar-refractivity contribution >= 4 is 16.9 Å². The van der Waals surface area contributed by atoms with E-state index in [0.717, 1.165) is 28.6 Å². The fourth-order valence-electron chi connectivity index (χ4n) is 5.09. The lowest BCUT2D eigenvalue weighted by Gasteiger charge is -2.39. The lowest BCUT2D eigenvalue weighted by Crippen LogP contribution is -2.45. The average Bonchev–Trinajstić information content (AvgIpc) is 2.92. The normalized spacial score (nSPS) is 15.5. The highest BCUT2D eigenvalue weighted by Gasteiger charge is 2.40. The van der Waals surface area contributed by atoms with Crippen LogP contribution < -0.4 is 9.47 Å². The zero-order chi connectivity index (χ0) is 27.3. The summed E-state index contributed by atoms with van der Waals surface area (Å²) in [5, 5.41) is 10.9. The lowest BCUT2D eigenvalue weighted by atomic mass is 9.74. The molecule has 1 N–H and O–H groups in total. The van der Waals surface area contributed by atoms with Crippen LogP contribution in [0.15, 0.2) is 36.5 Å². The number of aryl methyl sites for hydroxylation is 1. The van der Waals surface area contributed by atoms with Gasteiger partial charge in [0.15, 0.2) is 17.5 Å². The van der Waals surface area contributed by atoms with E-state index in [1.165, 1.54) is 6.20 Å². The van der Waals surface area contributed by atoms with Crippen molar-refractivity contribution in [3.05, 3.63) is 65.1 Å². The van der Waals surface area contributed by atoms with Crippen molar-refractivity contribution in [2.45, 2.75) is 38.8 Å². The number of aromatic nitrogens is 1. The summed E-state index contributed by atoms with van der Waals surface area (Å²) in [6.07, 6.45) is 3.93. The summed E-state index contributed by atoms with van der Waals surface area (Å²) in [5.41, 5.74) is 1.15. The van der Waals surface area contributed by atoms with Gasteiger partial charge in [-0.05, 0) is 69.0 Å². The van der Waals surface area contributed by atoms with Gasteiger partial charge in [-0.15, -0.1) is 0 Å². The molecule has 38 heavy (non-hydrogen) atoms. The molecule has 2 aromatic carbocycles. The maximum Gasteiger partial charge on any atom is 0.309 e. The number of methoxy groups -OCH3 is 1. The summed E-state index contributed by atoms with van der Waals surface area (Å²) >= 11 is 0. The number of ether oxygens (including phenoxy) is 2. The third-order valence-corrected chi connectivity index (χ3v) is 7.40. The van der Waals surface area contributed by atoms with Gasteiger partial charge < -0.3 is 14.6 Å². The van der Waals surface area contributed by atoms with E-state index in [1.54, 1.807) is 13.2 Å². The molecule has 4 rings (SSSR count). The number of carboxylic acids is 1. The highest BCUT2D eigenvalue weighted by Crippen LogP contribution is 2.38. The Morgan fingerprint density at radius 1 is 1.11 bits per heavy atom. The number of piperidine rings is 1. The first kappa shape index (κ1) is 27.6. The van der Waals surface area contributed by atoms with Gasteiger partial charge in [0.2, 0.25) is 0 Å². The highest BCUT2D eigenvalue weighted by molar-refractivity contribution is 5.84. The number of nitrogens with zero attached hydrogens (tertiary/aromatic N) is 2. The number of fused-ring (bicyclic) bond motifs is 1. The topological polar surface area (TPSA) is 71.9 Å². The minimum absolute atomic E-state index is 0.104. The van der Waals surface area contributed by atoms with Crippen molar-refractivity contribution in [2.75, 3.05) is 33.4 Å². The molecule has 1 aliphatic rings. The lowest BCUT2D eigenvalue weighted by molar-refractivity contribution is -0.152. The molecule has 1 aliphatic heterocycles. The van der Waals surface area contributed by atoms with Crippen LogP contribution in [0.2, 0.25) is 0 Å². The van der Waals surface area contributed by atoms with Gasteiger partial charge >= 0.3 is 5.97 Å². The Balaban J connectivity index is 1.34. The van der Waals surface area contributed by atoms with E-state index in [1.807, 2.05) is 17.0 Å². The molecule has 0 aliphatic carbocycles. The highest BCUT2D eigenvalue weighted by atomic mass is 19.2. The third kappa shape index (κ3) is 6.01. The first-order valence-electron chi connectivity index (χ1n) is 12.5. The Bertz CT molecular complexity index is 1270. The number of aliphatic carboxylic acids is 1. The van der Waals surface area contributed by atoms with Gasteiger partial charge in [0.1, 0.15) is 24.8 Å². The van der Waals surface area contributed by atoms with Crippen LogP contribution in [-0.2, 0) is 17.9 Å². The zero-order valence-electron chi connectivity index (χ0n) is 21.1.